The standard InChI is InChI=1S/C7H10O3S/c1-3-5(6(8)9)4(2)7(10)11/h3H2,1-2H3,(H,8,9)(H,10,11)/b5-4-. The molecule has 0 unspecified atom stereocenters. The monoisotopic (exact) mass is 174 g/mol. The summed E-state index contributed by atoms with van der Waals surface area (Å²) in [6, 6.07) is 0. The van der Waals surface area contributed by atoms with Gasteiger partial charge in [-0.3, -0.25) is 4.79 Å². The summed E-state index contributed by atoms with van der Waals surface area (Å²) in [7, 11) is 0. The van der Waals surface area contributed by atoms with Crippen molar-refractivity contribution in [2.45, 2.75) is 20.3 Å². The predicted octanol–water partition coefficient (Wildman–Crippen LogP) is 1.25. The van der Waals surface area contributed by atoms with Gasteiger partial charge < -0.3 is 5.11 Å². The number of thiol groups is 1. The average molecular weight is 174 g/mol. The third-order valence-corrected chi connectivity index (χ3v) is 1.72. The number of carboxylic acids is 1. The van der Waals surface area contributed by atoms with Crippen LogP contribution in [0.15, 0.2) is 11.1 Å². The Balaban J connectivity index is 4.83. The highest BCUT2D eigenvalue weighted by Gasteiger charge is 2.11. The smallest absolute Gasteiger partial charge is 0.331 e. The van der Waals surface area contributed by atoms with E-state index in [4.69, 9.17) is 5.11 Å². The molecule has 0 amide bonds. The van der Waals surface area contributed by atoms with E-state index in [1.54, 1.807) is 6.92 Å². The van der Waals surface area contributed by atoms with E-state index in [1.807, 2.05) is 0 Å². The molecule has 0 spiro atoms. The van der Waals surface area contributed by atoms with Gasteiger partial charge in [-0.25, -0.2) is 4.79 Å². The number of carbonyl (C=O) groups excluding carboxylic acids is 1. The Morgan fingerprint density at radius 3 is 2.00 bits per heavy atom. The molecular weight excluding hydrogens is 164 g/mol. The van der Waals surface area contributed by atoms with Crippen LogP contribution in [0.2, 0.25) is 0 Å². The number of carbonyl (C=O) groups is 2. The van der Waals surface area contributed by atoms with Crippen molar-refractivity contribution in [1.29, 1.82) is 0 Å². The van der Waals surface area contributed by atoms with Gasteiger partial charge >= 0.3 is 5.97 Å². The molecule has 3 nitrogen and oxygen atoms in total. The Labute approximate surface area is 70.5 Å². The summed E-state index contributed by atoms with van der Waals surface area (Å²) in [5.74, 6) is -1.05. The zero-order valence-electron chi connectivity index (χ0n) is 6.42. The third kappa shape index (κ3) is 2.76. The zero-order valence-corrected chi connectivity index (χ0v) is 7.31. The molecule has 4 heteroatoms. The van der Waals surface area contributed by atoms with Crippen LogP contribution in [-0.2, 0) is 9.59 Å². The Kier molecular flexibility index (Phi) is 3.89. The first kappa shape index (κ1) is 10.2. The number of carboxylic acid groups (broad SMARTS) is 1. The summed E-state index contributed by atoms with van der Waals surface area (Å²) in [6.07, 6.45) is 0.341. The number of aliphatic carboxylic acids is 1. The Bertz CT molecular complexity index is 218. The lowest BCUT2D eigenvalue weighted by atomic mass is 10.1. The maximum atomic E-state index is 10.6. The maximum absolute atomic E-state index is 10.6. The summed E-state index contributed by atoms with van der Waals surface area (Å²) in [5, 5.41) is 8.07. The van der Waals surface area contributed by atoms with Crippen LogP contribution in [-0.4, -0.2) is 16.2 Å². The van der Waals surface area contributed by atoms with Crippen LogP contribution in [0.25, 0.3) is 0 Å². The minimum Gasteiger partial charge on any atom is -0.478 e. The lowest BCUT2D eigenvalue weighted by Crippen LogP contribution is -2.05. The molecule has 0 bridgehead atoms. The van der Waals surface area contributed by atoms with Crippen molar-refractivity contribution >= 4 is 23.7 Å². The summed E-state index contributed by atoms with van der Waals surface area (Å²) in [4.78, 5) is 21.0. The highest BCUT2D eigenvalue weighted by molar-refractivity contribution is 7.97. The first-order valence-electron chi connectivity index (χ1n) is 3.17. The molecule has 0 rings (SSSR count). The van der Waals surface area contributed by atoms with E-state index < -0.39 is 11.1 Å². The van der Waals surface area contributed by atoms with Crippen LogP contribution in [0.3, 0.4) is 0 Å². The lowest BCUT2D eigenvalue weighted by molar-refractivity contribution is -0.133. The Hall–Kier alpha value is -0.770. The van der Waals surface area contributed by atoms with Crippen LogP contribution in [0.1, 0.15) is 20.3 Å². The highest BCUT2D eigenvalue weighted by Crippen LogP contribution is 2.10. The quantitative estimate of drug-likeness (QED) is 0.500. The Morgan fingerprint density at radius 1 is 1.45 bits per heavy atom. The molecule has 11 heavy (non-hydrogen) atoms. The predicted molar refractivity (Wildman–Crippen MR) is 44.6 cm³/mol. The van der Waals surface area contributed by atoms with E-state index in [2.05, 4.69) is 12.6 Å². The van der Waals surface area contributed by atoms with Crippen molar-refractivity contribution in [3.63, 3.8) is 0 Å². The van der Waals surface area contributed by atoms with Gasteiger partial charge in [0.05, 0.1) is 0 Å². The van der Waals surface area contributed by atoms with Gasteiger partial charge in [-0.2, -0.15) is 0 Å². The van der Waals surface area contributed by atoms with Gasteiger partial charge in [0, 0.05) is 11.1 Å². The summed E-state index contributed by atoms with van der Waals surface area (Å²) >= 11 is 3.52. The van der Waals surface area contributed by atoms with Crippen molar-refractivity contribution in [3.05, 3.63) is 11.1 Å². The van der Waals surface area contributed by atoms with Crippen LogP contribution < -0.4 is 0 Å². The van der Waals surface area contributed by atoms with Crippen LogP contribution >= 0.6 is 12.6 Å². The van der Waals surface area contributed by atoms with Crippen molar-refractivity contribution in [2.75, 3.05) is 0 Å². The number of hydrogen-bond donors (Lipinski definition) is 2. The SMILES string of the molecule is CC/C(C(=O)O)=C(\C)C(=O)S. The topological polar surface area (TPSA) is 54.4 Å². The first-order valence-corrected chi connectivity index (χ1v) is 3.61. The van der Waals surface area contributed by atoms with Gasteiger partial charge in [0.15, 0.2) is 0 Å². The summed E-state index contributed by atoms with van der Waals surface area (Å²) < 4.78 is 0. The minimum absolute atomic E-state index is 0.130. The molecule has 0 aliphatic heterocycles. The molecule has 62 valence electrons. The second-order valence-corrected chi connectivity index (χ2v) is 2.47. The van der Waals surface area contributed by atoms with E-state index in [1.165, 1.54) is 6.92 Å². The fourth-order valence-corrected chi connectivity index (χ4v) is 0.841. The minimum atomic E-state index is -1.05. The molecule has 0 fully saturated rings. The Morgan fingerprint density at radius 2 is 1.91 bits per heavy atom. The van der Waals surface area contributed by atoms with E-state index in [0.717, 1.165) is 0 Å². The number of rotatable bonds is 3. The van der Waals surface area contributed by atoms with Crippen molar-refractivity contribution in [1.82, 2.24) is 0 Å². The van der Waals surface area contributed by atoms with E-state index in [0.29, 0.717) is 6.42 Å². The third-order valence-electron chi connectivity index (χ3n) is 1.39. The van der Waals surface area contributed by atoms with Crippen LogP contribution in [0.5, 0.6) is 0 Å². The second kappa shape index (κ2) is 4.18. The summed E-state index contributed by atoms with van der Waals surface area (Å²) in [6.45, 7) is 3.14. The largest absolute Gasteiger partial charge is 0.478 e. The maximum Gasteiger partial charge on any atom is 0.331 e. The molecule has 0 aliphatic carbocycles. The van der Waals surface area contributed by atoms with Crippen molar-refractivity contribution in [2.24, 2.45) is 0 Å². The van der Waals surface area contributed by atoms with E-state index >= 15 is 0 Å². The first-order chi connectivity index (χ1) is 5.00. The van der Waals surface area contributed by atoms with Crippen molar-refractivity contribution in [3.8, 4) is 0 Å². The van der Waals surface area contributed by atoms with Gasteiger partial charge in [-0.15, -0.1) is 12.6 Å². The van der Waals surface area contributed by atoms with Gasteiger partial charge in [0.2, 0.25) is 5.12 Å². The lowest BCUT2D eigenvalue weighted by Gasteiger charge is -2.00. The van der Waals surface area contributed by atoms with Crippen LogP contribution in [0.4, 0.5) is 0 Å². The molecule has 0 heterocycles. The summed E-state index contributed by atoms with van der Waals surface area (Å²) in [5.41, 5.74) is 0.341. The molecule has 0 aromatic carbocycles. The average Bonchev–Trinajstić information content (AvgIpc) is 1.88. The second-order valence-electron chi connectivity index (χ2n) is 2.07. The normalized spacial score (nSPS) is 12.3. The van der Waals surface area contributed by atoms with Crippen LogP contribution in [0, 0.1) is 0 Å². The highest BCUT2D eigenvalue weighted by atomic mass is 32.1. The molecule has 0 atom stereocenters. The van der Waals surface area contributed by atoms with Gasteiger partial charge in [-0.05, 0) is 13.3 Å². The van der Waals surface area contributed by atoms with Gasteiger partial charge in [-0.1, -0.05) is 6.92 Å². The molecule has 0 saturated carbocycles. The number of hydrogen-bond acceptors (Lipinski definition) is 2. The fourth-order valence-electron chi connectivity index (χ4n) is 0.706. The zero-order chi connectivity index (χ0) is 9.02. The van der Waals surface area contributed by atoms with E-state index in [9.17, 15) is 9.59 Å². The van der Waals surface area contributed by atoms with Gasteiger partial charge in [0.1, 0.15) is 0 Å². The molecule has 0 aliphatic rings. The molecule has 1 N–H and O–H groups in total. The molecule has 0 saturated heterocycles. The molecular formula is C7H10O3S. The molecule has 0 aromatic heterocycles. The fraction of sp³-hybridized carbons (Fsp3) is 0.429. The van der Waals surface area contributed by atoms with Gasteiger partial charge in [0.25, 0.3) is 0 Å². The molecule has 0 radical (unpaired) electrons. The molecule has 0 aromatic rings. The van der Waals surface area contributed by atoms with E-state index in [-0.39, 0.29) is 11.1 Å². The van der Waals surface area contributed by atoms with Crippen molar-refractivity contribution < 1.29 is 14.7 Å².